The number of nitrogens with two attached hydrogens (primary N) is 1. The van der Waals surface area contributed by atoms with Crippen LogP contribution in [0.4, 0.5) is 18.9 Å². The van der Waals surface area contributed by atoms with Crippen LogP contribution in [-0.2, 0) is 6.18 Å². The van der Waals surface area contributed by atoms with Crippen LogP contribution in [0.1, 0.15) is 11.4 Å². The Hall–Kier alpha value is -2.18. The second-order valence-corrected chi connectivity index (χ2v) is 3.78. The SMILES string of the molecule is Cc1nn(-c2cccc(O)c2)c(C(F)(F)F)c1N. The molecule has 0 aliphatic rings. The standard InChI is InChI=1S/C11H10F3N3O/c1-6-9(15)10(11(12,13)14)17(16-6)7-3-2-4-8(18)5-7/h2-5,18H,15H2,1H3. The van der Waals surface area contributed by atoms with E-state index in [1.165, 1.54) is 31.2 Å². The second-order valence-electron chi connectivity index (χ2n) is 3.78. The Morgan fingerprint density at radius 2 is 2.00 bits per heavy atom. The highest BCUT2D eigenvalue weighted by Crippen LogP contribution is 2.36. The number of hydrogen-bond donors (Lipinski definition) is 2. The minimum absolute atomic E-state index is 0.0886. The van der Waals surface area contributed by atoms with Crippen molar-refractivity contribution in [3.8, 4) is 11.4 Å². The van der Waals surface area contributed by atoms with Gasteiger partial charge in [0.2, 0.25) is 0 Å². The number of nitrogen functional groups attached to an aromatic ring is 1. The van der Waals surface area contributed by atoms with Crippen molar-refractivity contribution >= 4 is 5.69 Å². The van der Waals surface area contributed by atoms with Gasteiger partial charge in [-0.25, -0.2) is 4.68 Å². The molecule has 96 valence electrons. The average Bonchev–Trinajstić information content (AvgIpc) is 2.55. The normalized spacial score (nSPS) is 11.8. The van der Waals surface area contributed by atoms with E-state index in [4.69, 9.17) is 5.73 Å². The van der Waals surface area contributed by atoms with Gasteiger partial charge in [0.15, 0.2) is 5.69 Å². The third kappa shape index (κ3) is 1.99. The van der Waals surface area contributed by atoms with Crippen molar-refractivity contribution < 1.29 is 18.3 Å². The Kier molecular flexibility index (Phi) is 2.68. The summed E-state index contributed by atoms with van der Waals surface area (Å²) in [5.41, 5.74) is 4.14. The molecule has 0 radical (unpaired) electrons. The second kappa shape index (κ2) is 3.94. The number of halogens is 3. The smallest absolute Gasteiger partial charge is 0.435 e. The molecule has 0 atom stereocenters. The monoisotopic (exact) mass is 257 g/mol. The molecule has 2 rings (SSSR count). The maximum Gasteiger partial charge on any atom is 0.435 e. The van der Waals surface area contributed by atoms with Crippen LogP contribution in [0.15, 0.2) is 24.3 Å². The summed E-state index contributed by atoms with van der Waals surface area (Å²) in [5.74, 6) is -0.146. The number of rotatable bonds is 1. The number of aromatic hydroxyl groups is 1. The van der Waals surface area contributed by atoms with Gasteiger partial charge >= 0.3 is 6.18 Å². The largest absolute Gasteiger partial charge is 0.508 e. The van der Waals surface area contributed by atoms with Crippen LogP contribution in [0.25, 0.3) is 5.69 Å². The van der Waals surface area contributed by atoms with Crippen LogP contribution in [0.5, 0.6) is 5.75 Å². The van der Waals surface area contributed by atoms with Crippen LogP contribution in [0.2, 0.25) is 0 Å². The van der Waals surface area contributed by atoms with Crippen molar-refractivity contribution in [1.29, 1.82) is 0 Å². The number of anilines is 1. The maximum atomic E-state index is 12.9. The lowest BCUT2D eigenvalue weighted by Crippen LogP contribution is -2.15. The molecule has 0 spiro atoms. The Morgan fingerprint density at radius 3 is 2.56 bits per heavy atom. The summed E-state index contributed by atoms with van der Waals surface area (Å²) in [7, 11) is 0. The molecule has 1 aromatic carbocycles. The van der Waals surface area contributed by atoms with Gasteiger partial charge in [-0.2, -0.15) is 18.3 Å². The lowest BCUT2D eigenvalue weighted by molar-refractivity contribution is -0.142. The minimum Gasteiger partial charge on any atom is -0.508 e. The lowest BCUT2D eigenvalue weighted by atomic mass is 10.2. The summed E-state index contributed by atoms with van der Waals surface area (Å²) >= 11 is 0. The molecule has 1 heterocycles. The maximum absolute atomic E-state index is 12.9. The molecular formula is C11H10F3N3O. The number of hydrogen-bond acceptors (Lipinski definition) is 3. The first-order valence-electron chi connectivity index (χ1n) is 5.02. The molecule has 1 aromatic heterocycles. The summed E-state index contributed by atoms with van der Waals surface area (Å²) in [6, 6.07) is 5.37. The molecule has 4 nitrogen and oxygen atoms in total. The van der Waals surface area contributed by atoms with E-state index in [1.54, 1.807) is 0 Å². The molecular weight excluding hydrogens is 247 g/mol. The van der Waals surface area contributed by atoms with E-state index >= 15 is 0 Å². The van der Waals surface area contributed by atoms with Gasteiger partial charge in [-0.15, -0.1) is 0 Å². The zero-order chi connectivity index (χ0) is 13.5. The summed E-state index contributed by atoms with van der Waals surface area (Å²) in [6.45, 7) is 1.39. The average molecular weight is 257 g/mol. The fourth-order valence-electron chi connectivity index (χ4n) is 1.62. The molecule has 0 fully saturated rings. The fourth-order valence-corrected chi connectivity index (χ4v) is 1.62. The van der Waals surface area contributed by atoms with E-state index in [0.717, 1.165) is 0 Å². The third-order valence-corrected chi connectivity index (χ3v) is 2.45. The Bertz CT molecular complexity index is 590. The van der Waals surface area contributed by atoms with Crippen molar-refractivity contribution in [2.45, 2.75) is 13.1 Å². The topological polar surface area (TPSA) is 64.1 Å². The van der Waals surface area contributed by atoms with Gasteiger partial charge in [-0.3, -0.25) is 0 Å². The first-order valence-corrected chi connectivity index (χ1v) is 5.02. The summed E-state index contributed by atoms with van der Waals surface area (Å²) < 4.78 is 39.4. The van der Waals surface area contributed by atoms with Gasteiger partial charge in [0.25, 0.3) is 0 Å². The number of aromatic nitrogens is 2. The molecule has 0 aliphatic carbocycles. The van der Waals surface area contributed by atoms with E-state index in [0.29, 0.717) is 4.68 Å². The zero-order valence-electron chi connectivity index (χ0n) is 9.36. The minimum atomic E-state index is -4.61. The number of nitrogens with zero attached hydrogens (tertiary/aromatic N) is 2. The quantitative estimate of drug-likeness (QED) is 0.824. The van der Waals surface area contributed by atoms with E-state index in [2.05, 4.69) is 5.10 Å². The Balaban J connectivity index is 2.69. The Morgan fingerprint density at radius 1 is 1.33 bits per heavy atom. The third-order valence-electron chi connectivity index (χ3n) is 2.45. The first-order chi connectivity index (χ1) is 8.30. The van der Waals surface area contributed by atoms with Gasteiger partial charge in [0.05, 0.1) is 17.1 Å². The van der Waals surface area contributed by atoms with Crippen LogP contribution in [-0.4, -0.2) is 14.9 Å². The van der Waals surface area contributed by atoms with Crippen molar-refractivity contribution in [2.24, 2.45) is 0 Å². The van der Waals surface area contributed by atoms with Gasteiger partial charge in [-0.1, -0.05) is 6.07 Å². The highest BCUT2D eigenvalue weighted by Gasteiger charge is 2.39. The Labute approximate surface area is 100 Å². The highest BCUT2D eigenvalue weighted by atomic mass is 19.4. The van der Waals surface area contributed by atoms with E-state index in [9.17, 15) is 18.3 Å². The molecule has 7 heteroatoms. The molecule has 0 amide bonds. The van der Waals surface area contributed by atoms with E-state index < -0.39 is 17.6 Å². The predicted octanol–water partition coefficient (Wildman–Crippen LogP) is 2.49. The molecule has 18 heavy (non-hydrogen) atoms. The van der Waals surface area contributed by atoms with Gasteiger partial charge in [0.1, 0.15) is 5.75 Å². The van der Waals surface area contributed by atoms with Crippen LogP contribution < -0.4 is 5.73 Å². The number of aryl methyl sites for hydroxylation is 1. The number of phenolic OH excluding ortho intramolecular Hbond substituents is 1. The zero-order valence-corrected chi connectivity index (χ0v) is 9.36. The van der Waals surface area contributed by atoms with Gasteiger partial charge in [-0.05, 0) is 19.1 Å². The predicted molar refractivity (Wildman–Crippen MR) is 59.4 cm³/mol. The number of benzene rings is 1. The molecule has 2 aromatic rings. The summed E-state index contributed by atoms with van der Waals surface area (Å²) in [4.78, 5) is 0. The summed E-state index contributed by atoms with van der Waals surface area (Å²) in [6.07, 6.45) is -4.61. The molecule has 0 saturated heterocycles. The van der Waals surface area contributed by atoms with Gasteiger partial charge < -0.3 is 10.8 Å². The van der Waals surface area contributed by atoms with Crippen molar-refractivity contribution in [3.63, 3.8) is 0 Å². The van der Waals surface area contributed by atoms with E-state index in [1.807, 2.05) is 0 Å². The van der Waals surface area contributed by atoms with E-state index in [-0.39, 0.29) is 17.1 Å². The number of alkyl halides is 3. The number of phenols is 1. The van der Waals surface area contributed by atoms with Crippen molar-refractivity contribution in [2.75, 3.05) is 5.73 Å². The molecule has 0 saturated carbocycles. The van der Waals surface area contributed by atoms with Crippen LogP contribution in [0, 0.1) is 6.92 Å². The van der Waals surface area contributed by atoms with Crippen molar-refractivity contribution in [3.05, 3.63) is 35.7 Å². The highest BCUT2D eigenvalue weighted by molar-refractivity contribution is 5.53. The molecule has 0 unspecified atom stereocenters. The van der Waals surface area contributed by atoms with Crippen LogP contribution in [0.3, 0.4) is 0 Å². The fraction of sp³-hybridized carbons (Fsp3) is 0.182. The molecule has 0 bridgehead atoms. The molecule has 3 N–H and O–H groups in total. The summed E-state index contributed by atoms with van der Waals surface area (Å²) in [5, 5.41) is 13.0. The van der Waals surface area contributed by atoms with Crippen LogP contribution >= 0.6 is 0 Å². The lowest BCUT2D eigenvalue weighted by Gasteiger charge is -2.11. The van der Waals surface area contributed by atoms with Crippen molar-refractivity contribution in [1.82, 2.24) is 9.78 Å². The first kappa shape index (κ1) is 12.3. The molecule has 0 aliphatic heterocycles. The van der Waals surface area contributed by atoms with Gasteiger partial charge in [0, 0.05) is 6.07 Å².